The lowest BCUT2D eigenvalue weighted by Gasteiger charge is -2.35. The molecule has 2 aromatic heterocycles. The maximum Gasteiger partial charge on any atom is 0.317 e. The molecule has 0 aromatic carbocycles. The minimum absolute atomic E-state index is 0.00883. The minimum atomic E-state index is -0.0252. The Balaban J connectivity index is 1.53. The molecule has 0 saturated carbocycles. The van der Waals surface area contributed by atoms with Gasteiger partial charge in [-0.2, -0.15) is 0 Å². The van der Waals surface area contributed by atoms with Gasteiger partial charge < -0.3 is 15.1 Å². The Hall–Kier alpha value is -2.15. The van der Waals surface area contributed by atoms with E-state index in [1.165, 1.54) is 4.88 Å². The molecule has 0 bridgehead atoms. The minimum Gasteiger partial charge on any atom is -0.345 e. The van der Waals surface area contributed by atoms with Crippen molar-refractivity contribution in [1.82, 2.24) is 20.2 Å². The lowest BCUT2D eigenvalue weighted by Crippen LogP contribution is -2.52. The van der Waals surface area contributed by atoms with Gasteiger partial charge in [-0.1, -0.05) is 0 Å². The highest BCUT2D eigenvalue weighted by atomic mass is 32.1. The summed E-state index contributed by atoms with van der Waals surface area (Å²) in [5.41, 5.74) is 2.16. The summed E-state index contributed by atoms with van der Waals surface area (Å²) in [4.78, 5) is 26.5. The first-order valence-corrected chi connectivity index (χ1v) is 9.00. The second-order valence-electron chi connectivity index (χ2n) is 6.06. The van der Waals surface area contributed by atoms with Crippen LogP contribution < -0.4 is 10.2 Å². The summed E-state index contributed by atoms with van der Waals surface area (Å²) in [5, 5.41) is 4.13. The highest BCUT2D eigenvalue weighted by molar-refractivity contribution is 7.15. The molecule has 1 aliphatic heterocycles. The van der Waals surface area contributed by atoms with E-state index in [2.05, 4.69) is 27.1 Å². The maximum absolute atomic E-state index is 12.5. The quantitative estimate of drug-likeness (QED) is 0.929. The number of nitrogens with one attached hydrogen (secondary N) is 1. The number of urea groups is 1. The van der Waals surface area contributed by atoms with Crippen molar-refractivity contribution < 1.29 is 4.79 Å². The molecule has 1 saturated heterocycles. The van der Waals surface area contributed by atoms with Gasteiger partial charge in [-0.05, 0) is 38.5 Å². The number of hydrogen-bond donors (Lipinski definition) is 1. The average Bonchev–Trinajstić information content (AvgIpc) is 2.95. The monoisotopic (exact) mass is 345 g/mol. The number of hydrogen-bond acceptors (Lipinski definition) is 5. The summed E-state index contributed by atoms with van der Waals surface area (Å²) in [6, 6.07) is 3.82. The van der Waals surface area contributed by atoms with Crippen molar-refractivity contribution in [2.45, 2.75) is 26.8 Å². The zero-order chi connectivity index (χ0) is 17.1. The molecule has 1 fully saturated rings. The van der Waals surface area contributed by atoms with Gasteiger partial charge in [-0.15, -0.1) is 11.3 Å². The van der Waals surface area contributed by atoms with Crippen LogP contribution in [0.2, 0.25) is 0 Å². The smallest absolute Gasteiger partial charge is 0.317 e. The molecule has 1 N–H and O–H groups in total. The molecule has 2 amide bonds. The maximum atomic E-state index is 12.5. The number of aryl methyl sites for hydroxylation is 2. The first kappa shape index (κ1) is 16.7. The van der Waals surface area contributed by atoms with Crippen LogP contribution in [-0.4, -0.2) is 47.1 Å². The van der Waals surface area contributed by atoms with Gasteiger partial charge in [0, 0.05) is 43.4 Å². The number of nitrogens with zero attached hydrogens (tertiary/aromatic N) is 4. The number of thiazole rings is 1. The number of amides is 2. The van der Waals surface area contributed by atoms with E-state index in [-0.39, 0.29) is 12.1 Å². The molecule has 7 heteroatoms. The Morgan fingerprint density at radius 3 is 2.46 bits per heavy atom. The molecule has 2 aromatic rings. The van der Waals surface area contributed by atoms with Crippen LogP contribution in [0.4, 0.5) is 9.93 Å². The number of carbonyl (C=O) groups is 1. The number of pyridine rings is 1. The first-order chi connectivity index (χ1) is 11.5. The molecule has 1 atom stereocenters. The van der Waals surface area contributed by atoms with Gasteiger partial charge in [0.1, 0.15) is 0 Å². The molecule has 1 aliphatic rings. The fraction of sp³-hybridized carbons (Fsp3) is 0.471. The van der Waals surface area contributed by atoms with Crippen LogP contribution in [0, 0.1) is 13.8 Å². The van der Waals surface area contributed by atoms with Gasteiger partial charge >= 0.3 is 6.03 Å². The molecule has 3 rings (SSSR count). The van der Waals surface area contributed by atoms with Gasteiger partial charge in [0.2, 0.25) is 0 Å². The van der Waals surface area contributed by atoms with Crippen LogP contribution in [0.25, 0.3) is 0 Å². The van der Waals surface area contributed by atoms with Crippen molar-refractivity contribution in [2.24, 2.45) is 0 Å². The van der Waals surface area contributed by atoms with Crippen molar-refractivity contribution >= 4 is 22.5 Å². The summed E-state index contributed by atoms with van der Waals surface area (Å²) < 4.78 is 0. The number of rotatable bonds is 3. The van der Waals surface area contributed by atoms with Crippen molar-refractivity contribution in [1.29, 1.82) is 0 Å². The number of anilines is 1. The van der Waals surface area contributed by atoms with E-state index in [0.29, 0.717) is 13.1 Å². The zero-order valence-corrected chi connectivity index (χ0v) is 15.1. The predicted molar refractivity (Wildman–Crippen MR) is 96.6 cm³/mol. The average molecular weight is 345 g/mol. The van der Waals surface area contributed by atoms with E-state index in [4.69, 9.17) is 0 Å². The SMILES string of the molecule is Cc1nc(N2CCN(C(=O)NC(C)c3ccncc3)CC2)sc1C. The van der Waals surface area contributed by atoms with E-state index in [0.717, 1.165) is 29.5 Å². The van der Waals surface area contributed by atoms with Crippen molar-refractivity contribution in [3.63, 3.8) is 0 Å². The first-order valence-electron chi connectivity index (χ1n) is 8.19. The number of piperazine rings is 1. The van der Waals surface area contributed by atoms with Gasteiger partial charge in [0.25, 0.3) is 0 Å². The normalized spacial score (nSPS) is 16.1. The molecule has 0 aliphatic carbocycles. The highest BCUT2D eigenvalue weighted by Crippen LogP contribution is 2.26. The van der Waals surface area contributed by atoms with Crippen molar-refractivity contribution in [3.05, 3.63) is 40.7 Å². The van der Waals surface area contributed by atoms with Gasteiger partial charge in [0.15, 0.2) is 5.13 Å². The number of aromatic nitrogens is 2. The molecule has 128 valence electrons. The van der Waals surface area contributed by atoms with Crippen LogP contribution in [0.1, 0.15) is 29.1 Å². The Labute approximate surface area is 146 Å². The van der Waals surface area contributed by atoms with Gasteiger partial charge in [-0.3, -0.25) is 4.98 Å². The molecule has 6 nitrogen and oxygen atoms in total. The second kappa shape index (κ2) is 7.17. The summed E-state index contributed by atoms with van der Waals surface area (Å²) in [7, 11) is 0. The molecule has 1 unspecified atom stereocenters. The predicted octanol–water partition coefficient (Wildman–Crippen LogP) is 2.75. The Morgan fingerprint density at radius 1 is 1.21 bits per heavy atom. The van der Waals surface area contributed by atoms with Crippen molar-refractivity contribution in [3.8, 4) is 0 Å². The fourth-order valence-corrected chi connectivity index (χ4v) is 3.67. The Bertz CT molecular complexity index is 675. The fourth-order valence-electron chi connectivity index (χ4n) is 2.70. The molecule has 0 spiro atoms. The van der Waals surface area contributed by atoms with E-state index in [1.807, 2.05) is 30.9 Å². The largest absolute Gasteiger partial charge is 0.345 e. The van der Waals surface area contributed by atoms with Crippen LogP contribution in [0.15, 0.2) is 24.5 Å². The lowest BCUT2D eigenvalue weighted by atomic mass is 10.1. The molecule has 0 radical (unpaired) electrons. The van der Waals surface area contributed by atoms with E-state index >= 15 is 0 Å². The van der Waals surface area contributed by atoms with Gasteiger partial charge in [0.05, 0.1) is 11.7 Å². The van der Waals surface area contributed by atoms with Crippen LogP contribution >= 0.6 is 11.3 Å². The summed E-state index contributed by atoms with van der Waals surface area (Å²) in [5.74, 6) is 0. The molecule has 3 heterocycles. The van der Waals surface area contributed by atoms with E-state index in [1.54, 1.807) is 23.7 Å². The summed E-state index contributed by atoms with van der Waals surface area (Å²) in [6.07, 6.45) is 3.49. The Morgan fingerprint density at radius 2 is 1.88 bits per heavy atom. The third kappa shape index (κ3) is 3.67. The highest BCUT2D eigenvalue weighted by Gasteiger charge is 2.24. The topological polar surface area (TPSA) is 61.4 Å². The molecular formula is C17H23N5OS. The van der Waals surface area contributed by atoms with Crippen molar-refractivity contribution in [2.75, 3.05) is 31.1 Å². The Kier molecular flexibility index (Phi) is 4.99. The van der Waals surface area contributed by atoms with E-state index < -0.39 is 0 Å². The van der Waals surface area contributed by atoms with Crippen LogP contribution in [0.3, 0.4) is 0 Å². The van der Waals surface area contributed by atoms with Crippen LogP contribution in [0.5, 0.6) is 0 Å². The number of carbonyl (C=O) groups excluding carboxylic acids is 1. The lowest BCUT2D eigenvalue weighted by molar-refractivity contribution is 0.191. The van der Waals surface area contributed by atoms with Crippen LogP contribution in [-0.2, 0) is 0 Å². The van der Waals surface area contributed by atoms with Gasteiger partial charge in [-0.25, -0.2) is 9.78 Å². The zero-order valence-electron chi connectivity index (χ0n) is 14.3. The third-order valence-electron chi connectivity index (χ3n) is 4.40. The standard InChI is InChI=1S/C17H23N5OS/c1-12-14(3)24-17(20-12)22-10-8-21(9-11-22)16(23)19-13(2)15-4-6-18-7-5-15/h4-7,13H,8-11H2,1-3H3,(H,19,23). The third-order valence-corrected chi connectivity index (χ3v) is 5.53. The summed E-state index contributed by atoms with van der Waals surface area (Å²) >= 11 is 1.73. The second-order valence-corrected chi connectivity index (χ2v) is 7.25. The molecular weight excluding hydrogens is 322 g/mol. The molecule has 24 heavy (non-hydrogen) atoms. The van der Waals surface area contributed by atoms with E-state index in [9.17, 15) is 4.79 Å². The summed E-state index contributed by atoms with van der Waals surface area (Å²) in [6.45, 7) is 9.21.